The van der Waals surface area contributed by atoms with Crippen LogP contribution < -0.4 is 0 Å². The molecule has 0 saturated heterocycles. The molecule has 0 aliphatic rings. The van der Waals surface area contributed by atoms with Crippen LogP contribution in [-0.2, 0) is 0 Å². The summed E-state index contributed by atoms with van der Waals surface area (Å²) in [5.74, 6) is 0. The molecule has 1 rings (SSSR count). The highest BCUT2D eigenvalue weighted by molar-refractivity contribution is 8.01. The Labute approximate surface area is 58.8 Å². The van der Waals surface area contributed by atoms with Crippen molar-refractivity contribution >= 4 is 17.8 Å². The predicted molar refractivity (Wildman–Crippen MR) is 41.3 cm³/mol. The highest BCUT2D eigenvalue weighted by atomic mass is 32.2. The van der Waals surface area contributed by atoms with Crippen molar-refractivity contribution < 1.29 is 4.42 Å². The lowest BCUT2D eigenvalue weighted by molar-refractivity contribution is 0.567. The maximum absolute atomic E-state index is 4.85. The molecule has 2 heteroatoms. The average molecular weight is 140 g/mol. The van der Waals surface area contributed by atoms with Gasteiger partial charge in [-0.15, -0.1) is 11.8 Å². The summed E-state index contributed by atoms with van der Waals surface area (Å²) in [6, 6.07) is 1.92. The SMILES string of the molecule is CS/C=C/c1ccoc1. The van der Waals surface area contributed by atoms with Crippen LogP contribution in [0.15, 0.2) is 28.4 Å². The van der Waals surface area contributed by atoms with E-state index in [2.05, 4.69) is 0 Å². The van der Waals surface area contributed by atoms with E-state index >= 15 is 0 Å². The molecular formula is C7H8OS. The van der Waals surface area contributed by atoms with E-state index in [0.717, 1.165) is 5.56 Å². The van der Waals surface area contributed by atoms with Gasteiger partial charge in [0.05, 0.1) is 12.5 Å². The number of rotatable bonds is 2. The van der Waals surface area contributed by atoms with Crippen molar-refractivity contribution in [3.63, 3.8) is 0 Å². The Morgan fingerprint density at radius 2 is 2.56 bits per heavy atom. The molecule has 48 valence electrons. The third-order valence-corrected chi connectivity index (χ3v) is 1.35. The topological polar surface area (TPSA) is 13.1 Å². The van der Waals surface area contributed by atoms with E-state index in [1.165, 1.54) is 0 Å². The minimum Gasteiger partial charge on any atom is -0.472 e. The van der Waals surface area contributed by atoms with E-state index in [4.69, 9.17) is 4.42 Å². The predicted octanol–water partition coefficient (Wildman–Crippen LogP) is 2.61. The van der Waals surface area contributed by atoms with Crippen LogP contribution in [0.2, 0.25) is 0 Å². The van der Waals surface area contributed by atoms with Crippen LogP contribution in [0.1, 0.15) is 5.56 Å². The van der Waals surface area contributed by atoms with Gasteiger partial charge in [-0.05, 0) is 23.8 Å². The summed E-state index contributed by atoms with van der Waals surface area (Å²) in [6.45, 7) is 0. The Kier molecular flexibility index (Phi) is 2.46. The highest BCUT2D eigenvalue weighted by Crippen LogP contribution is 2.05. The summed E-state index contributed by atoms with van der Waals surface area (Å²) in [6.07, 6.45) is 7.41. The lowest BCUT2D eigenvalue weighted by Gasteiger charge is -1.77. The van der Waals surface area contributed by atoms with E-state index in [0.29, 0.717) is 0 Å². The van der Waals surface area contributed by atoms with E-state index < -0.39 is 0 Å². The molecule has 0 fully saturated rings. The van der Waals surface area contributed by atoms with E-state index in [9.17, 15) is 0 Å². The zero-order valence-electron chi connectivity index (χ0n) is 5.20. The summed E-state index contributed by atoms with van der Waals surface area (Å²) >= 11 is 1.68. The van der Waals surface area contributed by atoms with Crippen molar-refractivity contribution in [1.29, 1.82) is 0 Å². The van der Waals surface area contributed by atoms with Gasteiger partial charge in [0.1, 0.15) is 0 Å². The van der Waals surface area contributed by atoms with Crippen molar-refractivity contribution in [2.75, 3.05) is 6.26 Å². The van der Waals surface area contributed by atoms with E-state index in [1.807, 2.05) is 23.8 Å². The standard InChI is InChI=1S/C7H8OS/c1-9-5-3-7-2-4-8-6-7/h2-6H,1H3/b5-3+. The second kappa shape index (κ2) is 3.41. The van der Waals surface area contributed by atoms with Crippen molar-refractivity contribution in [3.8, 4) is 0 Å². The third kappa shape index (κ3) is 1.98. The first-order chi connectivity index (χ1) is 4.43. The van der Waals surface area contributed by atoms with Gasteiger partial charge in [-0.25, -0.2) is 0 Å². The Morgan fingerprint density at radius 1 is 1.67 bits per heavy atom. The second-order valence-corrected chi connectivity index (χ2v) is 2.34. The molecule has 0 spiro atoms. The molecule has 0 radical (unpaired) electrons. The Bertz CT molecular complexity index is 177. The molecule has 1 nitrogen and oxygen atoms in total. The Morgan fingerprint density at radius 3 is 3.11 bits per heavy atom. The van der Waals surface area contributed by atoms with Gasteiger partial charge in [0, 0.05) is 5.56 Å². The molecule has 1 aromatic rings. The normalized spacial score (nSPS) is 10.8. The molecule has 0 aliphatic carbocycles. The smallest absolute Gasteiger partial charge is 0.0975 e. The summed E-state index contributed by atoms with van der Waals surface area (Å²) in [5, 5.41) is 2.02. The van der Waals surface area contributed by atoms with Crippen molar-refractivity contribution in [2.24, 2.45) is 0 Å². The molecule has 9 heavy (non-hydrogen) atoms. The zero-order valence-corrected chi connectivity index (χ0v) is 6.02. The van der Waals surface area contributed by atoms with Gasteiger partial charge in [-0.1, -0.05) is 0 Å². The minimum atomic E-state index is 1.12. The quantitative estimate of drug-likeness (QED) is 0.626. The highest BCUT2D eigenvalue weighted by Gasteiger charge is 1.82. The maximum atomic E-state index is 4.85. The van der Waals surface area contributed by atoms with Crippen LogP contribution in [0.25, 0.3) is 6.08 Å². The fraction of sp³-hybridized carbons (Fsp3) is 0.143. The van der Waals surface area contributed by atoms with Crippen molar-refractivity contribution in [3.05, 3.63) is 29.6 Å². The molecule has 0 unspecified atom stereocenters. The first kappa shape index (κ1) is 6.49. The van der Waals surface area contributed by atoms with Crippen molar-refractivity contribution in [2.45, 2.75) is 0 Å². The van der Waals surface area contributed by atoms with Crippen LogP contribution in [0.5, 0.6) is 0 Å². The Hall–Kier alpha value is -0.630. The number of thioether (sulfide) groups is 1. The van der Waals surface area contributed by atoms with Gasteiger partial charge < -0.3 is 4.42 Å². The fourth-order valence-electron chi connectivity index (χ4n) is 0.516. The average Bonchev–Trinajstić information content (AvgIpc) is 2.34. The molecule has 0 bridgehead atoms. The summed E-state index contributed by atoms with van der Waals surface area (Å²) in [5.41, 5.74) is 1.12. The molecule has 1 heterocycles. The van der Waals surface area contributed by atoms with Gasteiger partial charge in [-0.2, -0.15) is 0 Å². The molecule has 0 aliphatic heterocycles. The molecular weight excluding hydrogens is 132 g/mol. The molecule has 1 aromatic heterocycles. The van der Waals surface area contributed by atoms with E-state index in [1.54, 1.807) is 24.3 Å². The zero-order chi connectivity index (χ0) is 6.53. The number of hydrogen-bond donors (Lipinski definition) is 0. The van der Waals surface area contributed by atoms with Crippen LogP contribution in [0.4, 0.5) is 0 Å². The maximum Gasteiger partial charge on any atom is 0.0975 e. The lowest BCUT2D eigenvalue weighted by Crippen LogP contribution is -1.55. The number of hydrogen-bond acceptors (Lipinski definition) is 2. The largest absolute Gasteiger partial charge is 0.472 e. The van der Waals surface area contributed by atoms with Gasteiger partial charge in [0.25, 0.3) is 0 Å². The first-order valence-electron chi connectivity index (χ1n) is 2.65. The summed E-state index contributed by atoms with van der Waals surface area (Å²) in [4.78, 5) is 0. The van der Waals surface area contributed by atoms with Gasteiger partial charge >= 0.3 is 0 Å². The molecule has 0 amide bonds. The molecule has 0 atom stereocenters. The van der Waals surface area contributed by atoms with Crippen LogP contribution >= 0.6 is 11.8 Å². The fourth-order valence-corrected chi connectivity index (χ4v) is 0.810. The van der Waals surface area contributed by atoms with Crippen LogP contribution in [0.3, 0.4) is 0 Å². The first-order valence-corrected chi connectivity index (χ1v) is 3.94. The second-order valence-electron chi connectivity index (χ2n) is 1.60. The molecule has 0 N–H and O–H groups in total. The minimum absolute atomic E-state index is 1.12. The third-order valence-electron chi connectivity index (χ3n) is 0.940. The lowest BCUT2D eigenvalue weighted by atomic mass is 10.3. The Balaban J connectivity index is 2.57. The monoisotopic (exact) mass is 140 g/mol. The van der Waals surface area contributed by atoms with Gasteiger partial charge in [0.2, 0.25) is 0 Å². The summed E-state index contributed by atoms with van der Waals surface area (Å²) < 4.78 is 4.85. The molecule has 0 saturated carbocycles. The van der Waals surface area contributed by atoms with E-state index in [-0.39, 0.29) is 0 Å². The van der Waals surface area contributed by atoms with Crippen LogP contribution in [0, 0.1) is 0 Å². The van der Waals surface area contributed by atoms with Gasteiger partial charge in [-0.3, -0.25) is 0 Å². The number of furan rings is 1. The van der Waals surface area contributed by atoms with Gasteiger partial charge in [0.15, 0.2) is 0 Å². The molecule has 0 aromatic carbocycles. The van der Waals surface area contributed by atoms with Crippen LogP contribution in [-0.4, -0.2) is 6.26 Å². The summed E-state index contributed by atoms with van der Waals surface area (Å²) in [7, 11) is 0. The van der Waals surface area contributed by atoms with Crippen molar-refractivity contribution in [1.82, 2.24) is 0 Å².